The summed E-state index contributed by atoms with van der Waals surface area (Å²) in [6, 6.07) is 5.08. The van der Waals surface area contributed by atoms with Crippen molar-refractivity contribution in [2.45, 2.75) is 6.18 Å². The highest BCUT2D eigenvalue weighted by atomic mass is 19.4. The molecule has 18 heavy (non-hydrogen) atoms. The number of hydrogen-bond acceptors (Lipinski definition) is 2. The van der Waals surface area contributed by atoms with Crippen LogP contribution in [0.2, 0.25) is 0 Å². The van der Waals surface area contributed by atoms with E-state index in [0.29, 0.717) is 26.2 Å². The van der Waals surface area contributed by atoms with Crippen LogP contribution in [0.25, 0.3) is 0 Å². The van der Waals surface area contributed by atoms with Gasteiger partial charge in [0.1, 0.15) is 0 Å². The van der Waals surface area contributed by atoms with Gasteiger partial charge in [-0.1, -0.05) is 0 Å². The van der Waals surface area contributed by atoms with Gasteiger partial charge in [0.15, 0.2) is 0 Å². The summed E-state index contributed by atoms with van der Waals surface area (Å²) >= 11 is 0. The van der Waals surface area contributed by atoms with Crippen molar-refractivity contribution in [3.8, 4) is 0 Å². The molecule has 0 aromatic heterocycles. The molecule has 1 aromatic rings. The van der Waals surface area contributed by atoms with E-state index in [1.807, 2.05) is 11.3 Å². The Morgan fingerprint density at radius 3 is 2.00 bits per heavy atom. The molecule has 97 valence electrons. The van der Waals surface area contributed by atoms with Crippen LogP contribution in [0.15, 0.2) is 24.3 Å². The minimum atomic E-state index is -4.30. The van der Waals surface area contributed by atoms with E-state index in [-0.39, 0.29) is 0 Å². The van der Waals surface area contributed by atoms with Gasteiger partial charge in [-0.15, -0.1) is 0 Å². The summed E-state index contributed by atoms with van der Waals surface area (Å²) < 4.78 is 37.2. The Morgan fingerprint density at radius 1 is 1.00 bits per heavy atom. The summed E-state index contributed by atoms with van der Waals surface area (Å²) in [5.74, 6) is 0. The molecule has 0 atom stereocenters. The first kappa shape index (κ1) is 12.7. The maximum Gasteiger partial charge on any atom is 0.416 e. The lowest BCUT2D eigenvalue weighted by molar-refractivity contribution is -0.137. The average Bonchev–Trinajstić information content (AvgIpc) is 2.38. The van der Waals surface area contributed by atoms with Gasteiger partial charge in [0.05, 0.1) is 5.56 Å². The van der Waals surface area contributed by atoms with E-state index in [2.05, 4.69) is 0 Å². The van der Waals surface area contributed by atoms with Gasteiger partial charge < -0.3 is 9.80 Å². The largest absolute Gasteiger partial charge is 0.416 e. The molecule has 3 nitrogen and oxygen atoms in total. The van der Waals surface area contributed by atoms with Gasteiger partial charge in [-0.25, -0.2) is 0 Å². The van der Waals surface area contributed by atoms with E-state index < -0.39 is 11.7 Å². The number of carbonyl (C=O) groups excluding carboxylic acids is 1. The van der Waals surface area contributed by atoms with Crippen LogP contribution in [0.4, 0.5) is 18.9 Å². The standard InChI is InChI=1S/C12H12F3N2O/c13-12(14,15)10-1-3-11(4-2-10)17-7-5-16(9-18)6-8-17/h1-4H,5-8H2. The minimum Gasteiger partial charge on any atom is -0.368 e. The molecular weight excluding hydrogens is 245 g/mol. The fourth-order valence-electron chi connectivity index (χ4n) is 1.92. The number of benzene rings is 1. The van der Waals surface area contributed by atoms with Crippen molar-refractivity contribution >= 4 is 12.1 Å². The maximum atomic E-state index is 12.4. The molecule has 6 heteroatoms. The monoisotopic (exact) mass is 257 g/mol. The van der Waals surface area contributed by atoms with Crippen molar-refractivity contribution in [2.24, 2.45) is 0 Å². The van der Waals surface area contributed by atoms with Crippen LogP contribution >= 0.6 is 0 Å². The fourth-order valence-corrected chi connectivity index (χ4v) is 1.92. The highest BCUT2D eigenvalue weighted by molar-refractivity contribution is 5.52. The lowest BCUT2D eigenvalue weighted by Crippen LogP contribution is -2.45. The van der Waals surface area contributed by atoms with Gasteiger partial charge in [-0.05, 0) is 24.3 Å². The molecule has 1 heterocycles. The summed E-state index contributed by atoms with van der Waals surface area (Å²) in [5.41, 5.74) is 0.0969. The number of halogens is 3. The number of hydrogen-bond donors (Lipinski definition) is 0. The van der Waals surface area contributed by atoms with Crippen molar-refractivity contribution in [1.82, 2.24) is 4.90 Å². The first-order valence-electron chi connectivity index (χ1n) is 5.55. The molecule has 0 spiro atoms. The Labute approximate surface area is 103 Å². The summed E-state index contributed by atoms with van der Waals surface area (Å²) in [6.45, 7) is 2.32. The van der Waals surface area contributed by atoms with Crippen LogP contribution in [-0.2, 0) is 11.0 Å². The van der Waals surface area contributed by atoms with Crippen molar-refractivity contribution in [1.29, 1.82) is 0 Å². The van der Waals surface area contributed by atoms with Gasteiger partial charge in [0, 0.05) is 31.9 Å². The molecule has 1 aliphatic heterocycles. The number of nitrogens with zero attached hydrogens (tertiary/aromatic N) is 2. The lowest BCUT2D eigenvalue weighted by atomic mass is 10.1. The third-order valence-electron chi connectivity index (χ3n) is 2.97. The van der Waals surface area contributed by atoms with Crippen LogP contribution in [0, 0.1) is 0 Å². The molecule has 1 aliphatic rings. The van der Waals surface area contributed by atoms with Gasteiger partial charge >= 0.3 is 12.6 Å². The molecule has 1 amide bonds. The molecule has 0 aliphatic carbocycles. The smallest absolute Gasteiger partial charge is 0.368 e. The lowest BCUT2D eigenvalue weighted by Gasteiger charge is -2.33. The van der Waals surface area contributed by atoms with E-state index in [9.17, 15) is 18.0 Å². The predicted molar refractivity (Wildman–Crippen MR) is 60.9 cm³/mol. The predicted octanol–water partition coefficient (Wildman–Crippen LogP) is 1.89. The zero-order valence-electron chi connectivity index (χ0n) is 9.57. The zero-order valence-corrected chi connectivity index (χ0v) is 9.57. The van der Waals surface area contributed by atoms with Crippen molar-refractivity contribution in [2.75, 3.05) is 31.1 Å². The van der Waals surface area contributed by atoms with E-state index in [1.165, 1.54) is 17.0 Å². The van der Waals surface area contributed by atoms with E-state index in [4.69, 9.17) is 0 Å². The van der Waals surface area contributed by atoms with Crippen molar-refractivity contribution in [3.63, 3.8) is 0 Å². The number of anilines is 1. The highest BCUT2D eigenvalue weighted by Crippen LogP contribution is 2.30. The third-order valence-corrected chi connectivity index (χ3v) is 2.97. The number of amides is 1. The highest BCUT2D eigenvalue weighted by Gasteiger charge is 2.30. The Morgan fingerprint density at radius 2 is 1.56 bits per heavy atom. The molecule has 1 radical (unpaired) electrons. The molecule has 0 unspecified atom stereocenters. The van der Waals surface area contributed by atoms with E-state index >= 15 is 0 Å². The SMILES string of the molecule is O=[C]N1CCN(c2ccc(C(F)(F)F)cc2)CC1. The van der Waals surface area contributed by atoms with Crippen LogP contribution in [0.1, 0.15) is 5.56 Å². The normalized spacial score (nSPS) is 16.8. The second-order valence-electron chi connectivity index (χ2n) is 4.11. The third kappa shape index (κ3) is 2.75. The number of piperazine rings is 1. The molecule has 1 aromatic carbocycles. The van der Waals surface area contributed by atoms with Crippen LogP contribution in [0.3, 0.4) is 0 Å². The maximum absolute atomic E-state index is 12.4. The Bertz CT molecular complexity index is 408. The van der Waals surface area contributed by atoms with Gasteiger partial charge in [0.2, 0.25) is 0 Å². The summed E-state index contributed by atoms with van der Waals surface area (Å²) in [4.78, 5) is 13.9. The Kier molecular flexibility index (Phi) is 3.45. The first-order chi connectivity index (χ1) is 8.50. The summed E-state index contributed by atoms with van der Waals surface area (Å²) in [6.07, 6.45) is -2.49. The quantitative estimate of drug-likeness (QED) is 0.807. The molecule has 1 fully saturated rings. The topological polar surface area (TPSA) is 23.6 Å². The number of alkyl halides is 3. The van der Waals surface area contributed by atoms with E-state index in [0.717, 1.165) is 17.8 Å². The van der Waals surface area contributed by atoms with Crippen LogP contribution in [0.5, 0.6) is 0 Å². The first-order valence-corrected chi connectivity index (χ1v) is 5.55. The second kappa shape index (κ2) is 4.88. The molecule has 0 saturated carbocycles. The Balaban J connectivity index is 2.05. The van der Waals surface area contributed by atoms with Crippen LogP contribution in [-0.4, -0.2) is 37.5 Å². The summed E-state index contributed by atoms with van der Waals surface area (Å²) in [7, 11) is 0. The van der Waals surface area contributed by atoms with Crippen molar-refractivity contribution < 1.29 is 18.0 Å². The average molecular weight is 257 g/mol. The van der Waals surface area contributed by atoms with E-state index in [1.54, 1.807) is 0 Å². The minimum absolute atomic E-state index is 0.546. The fraction of sp³-hybridized carbons (Fsp3) is 0.417. The molecule has 2 rings (SSSR count). The van der Waals surface area contributed by atoms with Crippen LogP contribution < -0.4 is 4.90 Å². The van der Waals surface area contributed by atoms with Gasteiger partial charge in [-0.3, -0.25) is 4.79 Å². The van der Waals surface area contributed by atoms with Gasteiger partial charge in [-0.2, -0.15) is 13.2 Å². The van der Waals surface area contributed by atoms with Crippen molar-refractivity contribution in [3.05, 3.63) is 29.8 Å². The molecule has 0 N–H and O–H groups in total. The number of rotatable bonds is 2. The zero-order chi connectivity index (χ0) is 13.2. The molecular formula is C12H12F3N2O. The molecule has 1 saturated heterocycles. The summed E-state index contributed by atoms with van der Waals surface area (Å²) in [5, 5.41) is 0. The van der Waals surface area contributed by atoms with Gasteiger partial charge in [0.25, 0.3) is 0 Å². The Hall–Kier alpha value is -1.72. The second-order valence-corrected chi connectivity index (χ2v) is 4.11. The molecule has 0 bridgehead atoms.